The molecule has 1 aliphatic carbocycles. The fourth-order valence-corrected chi connectivity index (χ4v) is 5.00. The van der Waals surface area contributed by atoms with Crippen LogP contribution in [0, 0.1) is 5.92 Å². The van der Waals surface area contributed by atoms with Crippen molar-refractivity contribution in [3.8, 4) is 0 Å². The third-order valence-electron chi connectivity index (χ3n) is 6.37. The smallest absolute Gasteiger partial charge is 0.276 e. The minimum absolute atomic E-state index is 0.334. The molecule has 3 aromatic rings. The lowest BCUT2D eigenvalue weighted by Gasteiger charge is -2.32. The van der Waals surface area contributed by atoms with Crippen LogP contribution in [0.4, 0.5) is 11.5 Å². The molecule has 2 fully saturated rings. The number of carbonyl (C=O) groups is 1. The number of benzene rings is 1. The molecule has 1 amide bonds. The predicted octanol–water partition coefficient (Wildman–Crippen LogP) is 4.97. The molecule has 2 aliphatic rings. The minimum Gasteiger partial charge on any atom is -0.337 e. The quantitative estimate of drug-likeness (QED) is 0.366. The molecule has 2 N–H and O–H groups in total. The first-order chi connectivity index (χ1) is 16.9. The Kier molecular flexibility index (Phi) is 7.52. The number of piperazine rings is 1. The van der Waals surface area contributed by atoms with E-state index in [0.717, 1.165) is 54.9 Å². The summed E-state index contributed by atoms with van der Waals surface area (Å²) in [7, 11) is 2.13. The molecule has 11 heteroatoms. The van der Waals surface area contributed by atoms with Crippen LogP contribution in [0.15, 0.2) is 34.9 Å². The largest absolute Gasteiger partial charge is 0.337 e. The SMILES string of the molecule is CN1CCN(Cc2c(Nc3ccc(Br)cc3Cl)nc3c(Cl)cc(C(=O)NOCC4CC4)cn23)CC1. The summed E-state index contributed by atoms with van der Waals surface area (Å²) < 4.78 is 2.79. The molecule has 0 radical (unpaired) electrons. The van der Waals surface area contributed by atoms with E-state index in [-0.39, 0.29) is 5.91 Å². The number of amides is 1. The Morgan fingerprint density at radius 3 is 2.66 bits per heavy atom. The number of anilines is 2. The topological polar surface area (TPSA) is 74.1 Å². The van der Waals surface area contributed by atoms with Crippen LogP contribution in [0.25, 0.3) is 5.65 Å². The number of nitrogens with one attached hydrogen (secondary N) is 2. The van der Waals surface area contributed by atoms with Gasteiger partial charge in [0.25, 0.3) is 5.91 Å². The van der Waals surface area contributed by atoms with E-state index in [1.54, 1.807) is 12.3 Å². The van der Waals surface area contributed by atoms with E-state index in [1.165, 1.54) is 0 Å². The molecule has 1 aromatic carbocycles. The van der Waals surface area contributed by atoms with Crippen molar-refractivity contribution in [2.24, 2.45) is 5.92 Å². The van der Waals surface area contributed by atoms with Gasteiger partial charge in [0.05, 0.1) is 33.6 Å². The average molecular weight is 582 g/mol. The van der Waals surface area contributed by atoms with E-state index in [9.17, 15) is 4.79 Å². The number of nitrogens with zero attached hydrogens (tertiary/aromatic N) is 4. The van der Waals surface area contributed by atoms with Gasteiger partial charge in [0.1, 0.15) is 0 Å². The Balaban J connectivity index is 1.48. The molecule has 35 heavy (non-hydrogen) atoms. The number of likely N-dealkylation sites (N-methyl/N-ethyl adjacent to an activating group) is 1. The summed E-state index contributed by atoms with van der Waals surface area (Å²) in [6, 6.07) is 7.27. The van der Waals surface area contributed by atoms with Gasteiger partial charge < -0.3 is 10.2 Å². The van der Waals surface area contributed by atoms with Crippen molar-refractivity contribution in [1.82, 2.24) is 24.7 Å². The first-order valence-electron chi connectivity index (χ1n) is 11.6. The second-order valence-electron chi connectivity index (χ2n) is 9.19. The third kappa shape index (κ3) is 5.93. The molecule has 1 aliphatic heterocycles. The summed E-state index contributed by atoms with van der Waals surface area (Å²) in [5, 5.41) is 4.33. The molecular formula is C24H27BrCl2N6O2. The van der Waals surface area contributed by atoms with Crippen LogP contribution in [-0.2, 0) is 11.4 Å². The van der Waals surface area contributed by atoms with Crippen molar-refractivity contribution in [2.45, 2.75) is 19.4 Å². The summed E-state index contributed by atoms with van der Waals surface area (Å²) in [4.78, 5) is 27.6. The highest BCUT2D eigenvalue weighted by molar-refractivity contribution is 9.10. The van der Waals surface area contributed by atoms with Crippen molar-refractivity contribution in [1.29, 1.82) is 0 Å². The molecule has 0 bridgehead atoms. The fourth-order valence-electron chi connectivity index (χ4n) is 4.03. The van der Waals surface area contributed by atoms with Gasteiger partial charge in [0.15, 0.2) is 11.5 Å². The zero-order chi connectivity index (χ0) is 24.5. The summed E-state index contributed by atoms with van der Waals surface area (Å²) >= 11 is 16.5. The van der Waals surface area contributed by atoms with Crippen molar-refractivity contribution >= 4 is 62.2 Å². The summed E-state index contributed by atoms with van der Waals surface area (Å²) in [6.07, 6.45) is 4.07. The van der Waals surface area contributed by atoms with Gasteiger partial charge in [-0.25, -0.2) is 10.5 Å². The average Bonchev–Trinajstić information content (AvgIpc) is 3.59. The molecule has 2 aromatic heterocycles. The summed E-state index contributed by atoms with van der Waals surface area (Å²) in [5.41, 5.74) is 5.16. The standard InChI is InChI=1S/C24H27BrCl2N6O2/c1-31-6-8-32(9-7-31)13-21-22(28-20-5-4-17(25)11-18(20)26)29-23-19(27)10-16(12-33(21)23)24(34)30-35-14-15-2-3-15/h4-5,10-12,15,28H,2-3,6-9,13-14H2,1H3,(H,30,34). The minimum atomic E-state index is -0.334. The van der Waals surface area contributed by atoms with Crippen molar-refractivity contribution in [3.63, 3.8) is 0 Å². The zero-order valence-corrected chi connectivity index (χ0v) is 22.5. The maximum absolute atomic E-state index is 12.8. The third-order valence-corrected chi connectivity index (χ3v) is 7.45. The Hall–Kier alpha value is -1.88. The van der Waals surface area contributed by atoms with E-state index < -0.39 is 0 Å². The van der Waals surface area contributed by atoms with E-state index in [1.807, 2.05) is 22.6 Å². The van der Waals surface area contributed by atoms with Crippen molar-refractivity contribution < 1.29 is 9.63 Å². The number of carbonyl (C=O) groups excluding carboxylic acids is 1. The Morgan fingerprint density at radius 1 is 1.17 bits per heavy atom. The number of imidazole rings is 1. The number of fused-ring (bicyclic) bond motifs is 1. The second kappa shape index (κ2) is 10.6. The Morgan fingerprint density at radius 2 is 1.94 bits per heavy atom. The molecule has 5 rings (SSSR count). The highest BCUT2D eigenvalue weighted by atomic mass is 79.9. The highest BCUT2D eigenvalue weighted by Crippen LogP contribution is 2.32. The van der Waals surface area contributed by atoms with Crippen LogP contribution in [0.5, 0.6) is 0 Å². The maximum atomic E-state index is 12.8. The van der Waals surface area contributed by atoms with Gasteiger partial charge in [-0.3, -0.25) is 18.9 Å². The molecule has 3 heterocycles. The molecular weight excluding hydrogens is 555 g/mol. The van der Waals surface area contributed by atoms with E-state index >= 15 is 0 Å². The van der Waals surface area contributed by atoms with Crippen LogP contribution < -0.4 is 10.8 Å². The van der Waals surface area contributed by atoms with Gasteiger partial charge in [0.2, 0.25) is 0 Å². The summed E-state index contributed by atoms with van der Waals surface area (Å²) in [6.45, 7) is 5.03. The Bertz CT molecular complexity index is 1240. The second-order valence-corrected chi connectivity index (χ2v) is 10.9. The highest BCUT2D eigenvalue weighted by Gasteiger charge is 2.24. The molecule has 0 spiro atoms. The lowest BCUT2D eigenvalue weighted by molar-refractivity contribution is 0.0270. The van der Waals surface area contributed by atoms with Gasteiger partial charge in [-0.15, -0.1) is 0 Å². The molecule has 186 valence electrons. The fraction of sp³-hybridized carbons (Fsp3) is 0.417. The summed E-state index contributed by atoms with van der Waals surface area (Å²) in [5.74, 6) is 0.862. The van der Waals surface area contributed by atoms with E-state index in [0.29, 0.717) is 46.1 Å². The molecule has 0 atom stereocenters. The lowest BCUT2D eigenvalue weighted by atomic mass is 10.2. The Labute approximate surface area is 222 Å². The van der Waals surface area contributed by atoms with Crippen LogP contribution >= 0.6 is 39.1 Å². The number of rotatable bonds is 8. The molecule has 8 nitrogen and oxygen atoms in total. The first kappa shape index (κ1) is 24.8. The lowest BCUT2D eigenvalue weighted by Crippen LogP contribution is -2.44. The number of hydroxylamine groups is 1. The molecule has 1 saturated carbocycles. The van der Waals surface area contributed by atoms with Crippen molar-refractivity contribution in [2.75, 3.05) is 45.2 Å². The normalized spacial score (nSPS) is 17.1. The van der Waals surface area contributed by atoms with Crippen LogP contribution in [0.1, 0.15) is 28.9 Å². The van der Waals surface area contributed by atoms with Gasteiger partial charge in [-0.05, 0) is 50.1 Å². The van der Waals surface area contributed by atoms with E-state index in [4.69, 9.17) is 33.0 Å². The zero-order valence-electron chi connectivity index (χ0n) is 19.4. The number of hydrogen-bond donors (Lipinski definition) is 2. The van der Waals surface area contributed by atoms with Crippen LogP contribution in [0.2, 0.25) is 10.0 Å². The number of pyridine rings is 1. The van der Waals surface area contributed by atoms with Crippen molar-refractivity contribution in [3.05, 3.63) is 56.2 Å². The number of halogens is 3. The maximum Gasteiger partial charge on any atom is 0.276 e. The molecule has 1 saturated heterocycles. The van der Waals surface area contributed by atoms with Crippen LogP contribution in [0.3, 0.4) is 0 Å². The number of hydrogen-bond acceptors (Lipinski definition) is 6. The predicted molar refractivity (Wildman–Crippen MR) is 142 cm³/mol. The van der Waals surface area contributed by atoms with Crippen LogP contribution in [-0.4, -0.2) is 64.9 Å². The van der Waals surface area contributed by atoms with E-state index in [2.05, 4.69) is 43.6 Å². The van der Waals surface area contributed by atoms with Gasteiger partial charge in [-0.2, -0.15) is 0 Å². The van der Waals surface area contributed by atoms with Gasteiger partial charge in [-0.1, -0.05) is 39.1 Å². The van der Waals surface area contributed by atoms with Gasteiger partial charge in [0, 0.05) is 43.4 Å². The molecule has 0 unspecified atom stereocenters. The first-order valence-corrected chi connectivity index (χ1v) is 13.2. The van der Waals surface area contributed by atoms with Gasteiger partial charge >= 0.3 is 0 Å². The monoisotopic (exact) mass is 580 g/mol. The number of aromatic nitrogens is 2.